The summed E-state index contributed by atoms with van der Waals surface area (Å²) in [5, 5.41) is 9.37. The van der Waals surface area contributed by atoms with Gasteiger partial charge in [-0.25, -0.2) is 0 Å². The molecule has 29 heavy (non-hydrogen) atoms. The van der Waals surface area contributed by atoms with Crippen molar-refractivity contribution in [2.75, 3.05) is 12.9 Å². The molecule has 0 saturated heterocycles. The number of carbonyl (C=O) groups is 1. The van der Waals surface area contributed by atoms with Gasteiger partial charge in [-0.15, -0.1) is 21.5 Å². The molecule has 1 aromatic carbocycles. The minimum atomic E-state index is 0.0560. The number of methoxy groups -OCH3 is 1. The van der Waals surface area contributed by atoms with E-state index in [2.05, 4.69) is 31.1 Å². The van der Waals surface area contributed by atoms with E-state index in [0.717, 1.165) is 20.8 Å². The van der Waals surface area contributed by atoms with Gasteiger partial charge in [-0.1, -0.05) is 11.8 Å². The summed E-state index contributed by atoms with van der Waals surface area (Å²) in [6, 6.07) is 15.1. The normalized spacial score (nSPS) is 10.8. The maximum Gasteiger partial charge on any atom is 0.196 e. The monoisotopic (exact) mass is 486 g/mol. The van der Waals surface area contributed by atoms with Crippen LogP contribution in [-0.2, 0) is 0 Å². The molecule has 0 atom stereocenters. The van der Waals surface area contributed by atoms with E-state index in [1.54, 1.807) is 19.5 Å². The summed E-state index contributed by atoms with van der Waals surface area (Å²) in [6.07, 6.45) is 3.43. The topological polar surface area (TPSA) is 69.9 Å². The van der Waals surface area contributed by atoms with E-state index >= 15 is 0 Å². The third kappa shape index (κ3) is 4.42. The number of aromatic nitrogens is 4. The second-order valence-corrected chi connectivity index (χ2v) is 9.30. The Bertz CT molecular complexity index is 1130. The molecule has 0 fully saturated rings. The van der Waals surface area contributed by atoms with Crippen LogP contribution < -0.4 is 4.74 Å². The Morgan fingerprint density at radius 2 is 1.86 bits per heavy atom. The highest BCUT2D eigenvalue weighted by Crippen LogP contribution is 2.30. The van der Waals surface area contributed by atoms with Crippen molar-refractivity contribution in [2.24, 2.45) is 0 Å². The number of ether oxygens (including phenoxy) is 1. The number of hydrogen-bond donors (Lipinski definition) is 0. The predicted molar refractivity (Wildman–Crippen MR) is 118 cm³/mol. The quantitative estimate of drug-likeness (QED) is 0.266. The van der Waals surface area contributed by atoms with Gasteiger partial charge in [-0.2, -0.15) is 0 Å². The first-order valence-corrected chi connectivity index (χ1v) is 11.2. The van der Waals surface area contributed by atoms with Crippen LogP contribution >= 0.6 is 39.0 Å². The number of ketones is 1. The number of pyridine rings is 1. The Kier molecular flexibility index (Phi) is 6.08. The van der Waals surface area contributed by atoms with E-state index < -0.39 is 0 Å². The van der Waals surface area contributed by atoms with Crippen LogP contribution in [0.1, 0.15) is 9.67 Å². The molecule has 6 nitrogen and oxygen atoms in total. The van der Waals surface area contributed by atoms with Crippen molar-refractivity contribution < 1.29 is 9.53 Å². The minimum absolute atomic E-state index is 0.0560. The van der Waals surface area contributed by atoms with E-state index in [0.29, 0.717) is 15.9 Å². The highest BCUT2D eigenvalue weighted by Gasteiger charge is 2.18. The van der Waals surface area contributed by atoms with E-state index in [-0.39, 0.29) is 11.5 Å². The maximum atomic E-state index is 12.5. The van der Waals surface area contributed by atoms with Crippen molar-refractivity contribution in [1.29, 1.82) is 0 Å². The predicted octanol–water partition coefficient (Wildman–Crippen LogP) is 5.14. The fourth-order valence-corrected chi connectivity index (χ4v) is 4.93. The van der Waals surface area contributed by atoms with Crippen LogP contribution in [0, 0.1) is 0 Å². The number of thiophene rings is 1. The second kappa shape index (κ2) is 8.89. The molecule has 0 radical (unpaired) electrons. The van der Waals surface area contributed by atoms with Gasteiger partial charge in [0.25, 0.3) is 0 Å². The lowest BCUT2D eigenvalue weighted by Gasteiger charge is -2.11. The largest absolute Gasteiger partial charge is 0.497 e. The molecule has 4 aromatic rings. The van der Waals surface area contributed by atoms with Gasteiger partial charge in [0.1, 0.15) is 5.75 Å². The summed E-state index contributed by atoms with van der Waals surface area (Å²) in [5.41, 5.74) is 1.78. The zero-order chi connectivity index (χ0) is 20.2. The third-order valence-electron chi connectivity index (χ3n) is 4.08. The Hall–Kier alpha value is -2.49. The SMILES string of the molecule is COc1ccc(-n2c(SCC(=O)c3ccc(Br)s3)nnc2-c2ccncc2)cc1. The van der Waals surface area contributed by atoms with Gasteiger partial charge in [0.15, 0.2) is 16.8 Å². The molecule has 0 amide bonds. The van der Waals surface area contributed by atoms with Gasteiger partial charge in [0.2, 0.25) is 0 Å². The fraction of sp³-hybridized carbons (Fsp3) is 0.100. The summed E-state index contributed by atoms with van der Waals surface area (Å²) in [7, 11) is 1.63. The first-order valence-electron chi connectivity index (χ1n) is 8.57. The molecule has 9 heteroatoms. The molecule has 0 aliphatic carbocycles. The molecule has 3 heterocycles. The van der Waals surface area contributed by atoms with E-state index in [1.807, 2.05) is 53.1 Å². The van der Waals surface area contributed by atoms with Crippen molar-refractivity contribution in [3.63, 3.8) is 0 Å². The molecule has 0 aliphatic rings. The molecule has 0 aliphatic heterocycles. The van der Waals surface area contributed by atoms with Crippen LogP contribution in [0.15, 0.2) is 69.9 Å². The molecule has 0 bridgehead atoms. The van der Waals surface area contributed by atoms with Gasteiger partial charge < -0.3 is 4.74 Å². The third-order valence-corrected chi connectivity index (χ3v) is 6.68. The number of carbonyl (C=O) groups excluding carboxylic acids is 1. The van der Waals surface area contributed by atoms with Crippen molar-refractivity contribution in [1.82, 2.24) is 19.7 Å². The van der Waals surface area contributed by atoms with Crippen LogP contribution in [0.2, 0.25) is 0 Å². The Morgan fingerprint density at radius 3 is 2.52 bits per heavy atom. The number of halogens is 1. The van der Waals surface area contributed by atoms with E-state index in [4.69, 9.17) is 4.74 Å². The molecule has 0 unspecified atom stereocenters. The molecule has 146 valence electrons. The molecule has 3 aromatic heterocycles. The standard InChI is InChI=1S/C20H15BrN4O2S2/c1-27-15-4-2-14(3-5-15)25-19(13-8-10-22-11-9-13)23-24-20(25)28-12-16(26)17-6-7-18(21)29-17/h2-11H,12H2,1H3. The summed E-state index contributed by atoms with van der Waals surface area (Å²) in [5.74, 6) is 1.78. The van der Waals surface area contributed by atoms with Gasteiger partial charge in [0.05, 0.1) is 21.5 Å². The number of benzene rings is 1. The number of thioether (sulfide) groups is 1. The smallest absolute Gasteiger partial charge is 0.196 e. The van der Waals surface area contributed by atoms with Gasteiger partial charge >= 0.3 is 0 Å². The average molecular weight is 487 g/mol. The van der Waals surface area contributed by atoms with E-state index in [9.17, 15) is 4.79 Å². The van der Waals surface area contributed by atoms with Gasteiger partial charge in [0, 0.05) is 23.6 Å². The first-order chi connectivity index (χ1) is 14.2. The molecular weight excluding hydrogens is 472 g/mol. The van der Waals surface area contributed by atoms with Crippen LogP contribution in [0.4, 0.5) is 0 Å². The lowest BCUT2D eigenvalue weighted by Crippen LogP contribution is -2.03. The number of rotatable bonds is 7. The van der Waals surface area contributed by atoms with Crippen LogP contribution in [0.5, 0.6) is 5.75 Å². The zero-order valence-corrected chi connectivity index (χ0v) is 18.5. The summed E-state index contributed by atoms with van der Waals surface area (Å²) >= 11 is 6.19. The lowest BCUT2D eigenvalue weighted by molar-refractivity contribution is 0.102. The first kappa shape index (κ1) is 19.8. The summed E-state index contributed by atoms with van der Waals surface area (Å²) in [6.45, 7) is 0. The Balaban J connectivity index is 1.67. The summed E-state index contributed by atoms with van der Waals surface area (Å²) < 4.78 is 8.14. The molecule has 0 N–H and O–H groups in total. The van der Waals surface area contributed by atoms with Crippen LogP contribution in [-0.4, -0.2) is 38.4 Å². The lowest BCUT2D eigenvalue weighted by atomic mass is 10.2. The molecular formula is C20H15BrN4O2S2. The fourth-order valence-electron chi connectivity index (χ4n) is 2.68. The van der Waals surface area contributed by atoms with E-state index in [1.165, 1.54) is 23.1 Å². The van der Waals surface area contributed by atoms with Gasteiger partial charge in [-0.3, -0.25) is 14.3 Å². The van der Waals surface area contributed by atoms with Crippen LogP contribution in [0.25, 0.3) is 17.1 Å². The maximum absolute atomic E-state index is 12.5. The molecule has 0 saturated carbocycles. The highest BCUT2D eigenvalue weighted by atomic mass is 79.9. The number of nitrogens with zero attached hydrogens (tertiary/aromatic N) is 4. The van der Waals surface area contributed by atoms with Crippen molar-refractivity contribution in [3.05, 3.63) is 69.6 Å². The molecule has 0 spiro atoms. The summed E-state index contributed by atoms with van der Waals surface area (Å²) in [4.78, 5) is 17.3. The van der Waals surface area contributed by atoms with Gasteiger partial charge in [-0.05, 0) is 64.5 Å². The Labute approximate surface area is 184 Å². The zero-order valence-electron chi connectivity index (χ0n) is 15.3. The second-order valence-electron chi connectivity index (χ2n) is 5.89. The Morgan fingerprint density at radius 1 is 1.10 bits per heavy atom. The molecule has 4 rings (SSSR count). The number of Topliss-reactive ketones (excluding diaryl/α,β-unsaturated/α-hetero) is 1. The minimum Gasteiger partial charge on any atom is -0.497 e. The van der Waals surface area contributed by atoms with Crippen LogP contribution in [0.3, 0.4) is 0 Å². The van der Waals surface area contributed by atoms with Crippen molar-refractivity contribution in [3.8, 4) is 22.8 Å². The highest BCUT2D eigenvalue weighted by molar-refractivity contribution is 9.11. The van der Waals surface area contributed by atoms with Crippen molar-refractivity contribution in [2.45, 2.75) is 5.16 Å². The van der Waals surface area contributed by atoms with Crippen molar-refractivity contribution >= 4 is 44.8 Å². The number of hydrogen-bond acceptors (Lipinski definition) is 7. The average Bonchev–Trinajstić information content (AvgIpc) is 3.39.